The lowest BCUT2D eigenvalue weighted by Crippen LogP contribution is -2.46. The fourth-order valence-corrected chi connectivity index (χ4v) is 3.34. The summed E-state index contributed by atoms with van der Waals surface area (Å²) in [7, 11) is 0. The van der Waals surface area contributed by atoms with Gasteiger partial charge in [-0.2, -0.15) is 0 Å². The predicted octanol–water partition coefficient (Wildman–Crippen LogP) is 2.00. The Bertz CT molecular complexity index is 419. The highest BCUT2D eigenvalue weighted by Gasteiger charge is 2.40. The van der Waals surface area contributed by atoms with Gasteiger partial charge in [0.25, 0.3) is 0 Å². The molecule has 2 fully saturated rings. The van der Waals surface area contributed by atoms with Crippen molar-refractivity contribution >= 4 is 11.8 Å². The average molecular weight is 276 g/mol. The van der Waals surface area contributed by atoms with Gasteiger partial charge in [0.2, 0.25) is 11.8 Å². The molecule has 2 amide bonds. The molecule has 4 nitrogen and oxygen atoms in total. The molecule has 0 aromatic carbocycles. The van der Waals surface area contributed by atoms with Gasteiger partial charge in [0.15, 0.2) is 0 Å². The fraction of sp³-hybridized carbons (Fsp3) is 0.750. The van der Waals surface area contributed by atoms with Gasteiger partial charge in [-0.05, 0) is 44.4 Å². The summed E-state index contributed by atoms with van der Waals surface area (Å²) >= 11 is 0. The maximum Gasteiger partial charge on any atom is 0.243 e. The highest BCUT2D eigenvalue weighted by Crippen LogP contribution is 2.32. The number of amides is 2. The zero-order chi connectivity index (χ0) is 13.9. The van der Waals surface area contributed by atoms with Crippen molar-refractivity contribution in [3.8, 4) is 0 Å². The Hall–Kier alpha value is -1.32. The van der Waals surface area contributed by atoms with E-state index in [4.69, 9.17) is 0 Å². The maximum absolute atomic E-state index is 12.3. The van der Waals surface area contributed by atoms with E-state index in [0.29, 0.717) is 18.4 Å². The van der Waals surface area contributed by atoms with Crippen LogP contribution in [0.1, 0.15) is 51.4 Å². The van der Waals surface area contributed by atoms with Crippen LogP contribution in [0.3, 0.4) is 0 Å². The van der Waals surface area contributed by atoms with Gasteiger partial charge in [-0.1, -0.05) is 18.6 Å². The standard InChI is InChI=1S/C16H24N2O2/c19-15-9-5-3-1-2-4-7-12-11-13(12)17-16(20)14-8-6-10-18(14)15/h4,7,12-14H,1-3,5-6,8-11H2,(H,17,20)/b7-4-/t12-,13-,14+/m1/s1. The molecule has 3 atom stereocenters. The van der Waals surface area contributed by atoms with Crippen LogP contribution in [0.5, 0.6) is 0 Å². The summed E-state index contributed by atoms with van der Waals surface area (Å²) in [6, 6.07) is 0.0925. The number of carbonyl (C=O) groups is 2. The van der Waals surface area contributed by atoms with Crippen LogP contribution in [-0.4, -0.2) is 35.3 Å². The molecule has 0 bridgehead atoms. The second kappa shape index (κ2) is 5.98. The number of hydrogen-bond acceptors (Lipinski definition) is 2. The smallest absolute Gasteiger partial charge is 0.243 e. The van der Waals surface area contributed by atoms with Crippen molar-refractivity contribution in [1.29, 1.82) is 0 Å². The summed E-state index contributed by atoms with van der Waals surface area (Å²) in [6.07, 6.45) is 12.2. The van der Waals surface area contributed by atoms with Crippen molar-refractivity contribution < 1.29 is 9.59 Å². The minimum Gasteiger partial charge on any atom is -0.351 e. The highest BCUT2D eigenvalue weighted by atomic mass is 16.2. The Kier molecular flexibility index (Phi) is 4.08. The molecule has 1 saturated heterocycles. The van der Waals surface area contributed by atoms with Crippen LogP contribution in [0.2, 0.25) is 0 Å². The molecule has 0 aromatic heterocycles. The third kappa shape index (κ3) is 3.05. The van der Waals surface area contributed by atoms with Crippen molar-refractivity contribution in [3.63, 3.8) is 0 Å². The number of allylic oxidation sites excluding steroid dienone is 1. The molecule has 1 aliphatic carbocycles. The molecule has 0 aromatic rings. The molecule has 0 radical (unpaired) electrons. The normalized spacial score (nSPS) is 36.6. The van der Waals surface area contributed by atoms with Crippen LogP contribution in [0.25, 0.3) is 0 Å². The van der Waals surface area contributed by atoms with E-state index in [1.807, 2.05) is 4.90 Å². The predicted molar refractivity (Wildman–Crippen MR) is 77.0 cm³/mol. The van der Waals surface area contributed by atoms with E-state index in [1.165, 1.54) is 0 Å². The molecule has 1 N–H and O–H groups in total. The molecule has 1 saturated carbocycles. The Balaban J connectivity index is 1.67. The van der Waals surface area contributed by atoms with E-state index in [9.17, 15) is 9.59 Å². The fourth-order valence-electron chi connectivity index (χ4n) is 3.34. The lowest BCUT2D eigenvalue weighted by molar-refractivity contribution is -0.138. The van der Waals surface area contributed by atoms with Crippen molar-refractivity contribution in [2.75, 3.05) is 6.54 Å². The van der Waals surface area contributed by atoms with Crippen molar-refractivity contribution in [3.05, 3.63) is 12.2 Å². The van der Waals surface area contributed by atoms with Gasteiger partial charge >= 0.3 is 0 Å². The maximum atomic E-state index is 12.3. The van der Waals surface area contributed by atoms with E-state index >= 15 is 0 Å². The topological polar surface area (TPSA) is 49.4 Å². The lowest BCUT2D eigenvalue weighted by Gasteiger charge is -2.24. The SMILES string of the molecule is O=C1N[C@@H]2C[C@H]2/C=C\CCCCCC(=O)N2CCC[C@@H]12. The van der Waals surface area contributed by atoms with E-state index in [-0.39, 0.29) is 17.9 Å². The first kappa shape index (κ1) is 13.7. The first-order valence-corrected chi connectivity index (χ1v) is 8.02. The van der Waals surface area contributed by atoms with Gasteiger partial charge in [-0.15, -0.1) is 0 Å². The number of carbonyl (C=O) groups excluding carboxylic acids is 2. The molecular formula is C16H24N2O2. The van der Waals surface area contributed by atoms with Gasteiger partial charge in [0, 0.05) is 19.0 Å². The van der Waals surface area contributed by atoms with Crippen LogP contribution in [0.4, 0.5) is 0 Å². The van der Waals surface area contributed by atoms with Gasteiger partial charge in [0.05, 0.1) is 0 Å². The van der Waals surface area contributed by atoms with Crippen LogP contribution in [0, 0.1) is 5.92 Å². The molecule has 4 heteroatoms. The molecule has 2 aliphatic heterocycles. The lowest BCUT2D eigenvalue weighted by atomic mass is 10.1. The Morgan fingerprint density at radius 2 is 2.05 bits per heavy atom. The second-order valence-corrected chi connectivity index (χ2v) is 6.29. The Morgan fingerprint density at radius 1 is 1.15 bits per heavy atom. The van der Waals surface area contributed by atoms with Crippen LogP contribution < -0.4 is 5.32 Å². The molecule has 0 unspecified atom stereocenters. The van der Waals surface area contributed by atoms with Crippen molar-refractivity contribution in [1.82, 2.24) is 10.2 Å². The summed E-state index contributed by atoms with van der Waals surface area (Å²) in [4.78, 5) is 26.4. The van der Waals surface area contributed by atoms with Gasteiger partial charge in [-0.25, -0.2) is 0 Å². The van der Waals surface area contributed by atoms with E-state index < -0.39 is 0 Å². The largest absolute Gasteiger partial charge is 0.351 e. The van der Waals surface area contributed by atoms with Crippen LogP contribution >= 0.6 is 0 Å². The number of fused-ring (bicyclic) bond motifs is 2. The van der Waals surface area contributed by atoms with Gasteiger partial charge in [0.1, 0.15) is 6.04 Å². The number of hydrogen-bond donors (Lipinski definition) is 1. The average Bonchev–Trinajstić information content (AvgIpc) is 2.98. The first-order chi connectivity index (χ1) is 9.75. The number of nitrogens with one attached hydrogen (secondary N) is 1. The van der Waals surface area contributed by atoms with E-state index in [0.717, 1.165) is 51.5 Å². The summed E-state index contributed by atoms with van der Waals surface area (Å²) in [5, 5.41) is 3.12. The van der Waals surface area contributed by atoms with Gasteiger partial charge < -0.3 is 10.2 Å². The third-order valence-corrected chi connectivity index (χ3v) is 4.69. The molecule has 110 valence electrons. The summed E-state index contributed by atoms with van der Waals surface area (Å²) in [5.41, 5.74) is 0. The Morgan fingerprint density at radius 3 is 2.95 bits per heavy atom. The van der Waals surface area contributed by atoms with E-state index in [1.54, 1.807) is 0 Å². The van der Waals surface area contributed by atoms with Gasteiger partial charge in [-0.3, -0.25) is 9.59 Å². The third-order valence-electron chi connectivity index (χ3n) is 4.69. The summed E-state index contributed by atoms with van der Waals surface area (Å²) in [5.74, 6) is 0.754. The molecule has 3 aliphatic rings. The Labute approximate surface area is 120 Å². The van der Waals surface area contributed by atoms with Crippen LogP contribution in [-0.2, 0) is 9.59 Å². The number of rotatable bonds is 0. The highest BCUT2D eigenvalue weighted by molar-refractivity contribution is 5.88. The molecular weight excluding hydrogens is 252 g/mol. The second-order valence-electron chi connectivity index (χ2n) is 6.29. The monoisotopic (exact) mass is 276 g/mol. The zero-order valence-electron chi connectivity index (χ0n) is 12.0. The van der Waals surface area contributed by atoms with Crippen LogP contribution in [0.15, 0.2) is 12.2 Å². The number of nitrogens with zero attached hydrogens (tertiary/aromatic N) is 1. The molecule has 3 rings (SSSR count). The molecule has 2 heterocycles. The minimum absolute atomic E-state index is 0.0637. The summed E-state index contributed by atoms with van der Waals surface area (Å²) in [6.45, 7) is 0.755. The van der Waals surface area contributed by atoms with E-state index in [2.05, 4.69) is 17.5 Å². The minimum atomic E-state index is -0.212. The molecule has 0 spiro atoms. The quantitative estimate of drug-likeness (QED) is 0.688. The first-order valence-electron chi connectivity index (χ1n) is 8.02. The van der Waals surface area contributed by atoms with Crippen molar-refractivity contribution in [2.45, 2.75) is 63.5 Å². The molecule has 20 heavy (non-hydrogen) atoms. The zero-order valence-corrected chi connectivity index (χ0v) is 12.0. The summed E-state index contributed by atoms with van der Waals surface area (Å²) < 4.78 is 0. The van der Waals surface area contributed by atoms with Crippen molar-refractivity contribution in [2.24, 2.45) is 5.92 Å².